The van der Waals surface area contributed by atoms with Gasteiger partial charge in [0.15, 0.2) is 3.92 Å². The zero-order valence-electron chi connectivity index (χ0n) is 12.3. The smallest absolute Gasteiger partial charge is 0.316 e. The molecule has 1 aromatic carbocycles. The molecule has 116 valence electrons. The summed E-state index contributed by atoms with van der Waals surface area (Å²) >= 11 is 4.93. The molecule has 1 aromatic heterocycles. The Hall–Kier alpha value is -1.27. The molecule has 0 fully saturated rings. The Morgan fingerprint density at radius 3 is 3.00 bits per heavy atom. The lowest BCUT2D eigenvalue weighted by atomic mass is 9.69. The van der Waals surface area contributed by atoms with Gasteiger partial charge in [-0.15, -0.1) is 11.3 Å². The monoisotopic (exact) mass is 383 g/mol. The Labute approximate surface area is 140 Å². The first-order valence-electron chi connectivity index (χ1n) is 6.96. The van der Waals surface area contributed by atoms with E-state index in [1.54, 1.807) is 13.0 Å². The summed E-state index contributed by atoms with van der Waals surface area (Å²) in [5.74, 6) is -0.603. The third-order valence-electron chi connectivity index (χ3n) is 4.36. The highest BCUT2D eigenvalue weighted by Crippen LogP contribution is 2.43. The summed E-state index contributed by atoms with van der Waals surface area (Å²) in [5, 5.41) is 0. The molecule has 22 heavy (non-hydrogen) atoms. The number of fused-ring (bicyclic) bond motifs is 1. The maximum Gasteiger partial charge on any atom is 0.316 e. The fourth-order valence-corrected chi connectivity index (χ4v) is 4.96. The molecular weight excluding hydrogens is 369 g/mol. The molecule has 0 saturated carbocycles. The van der Waals surface area contributed by atoms with Crippen molar-refractivity contribution in [2.75, 3.05) is 7.11 Å². The number of carbonyl (C=O) groups excluding carboxylic acids is 1. The van der Waals surface area contributed by atoms with E-state index >= 15 is 0 Å². The number of hydrogen-bond donors (Lipinski definition) is 0. The van der Waals surface area contributed by atoms with Gasteiger partial charge in [-0.25, -0.2) is 9.37 Å². The van der Waals surface area contributed by atoms with Crippen molar-refractivity contribution in [2.24, 2.45) is 0 Å². The van der Waals surface area contributed by atoms with Crippen LogP contribution in [0.15, 0.2) is 22.1 Å². The second-order valence-corrected chi connectivity index (χ2v) is 7.86. The second-order valence-electron chi connectivity index (χ2n) is 5.50. The van der Waals surface area contributed by atoms with Crippen molar-refractivity contribution in [3.05, 3.63) is 49.6 Å². The first-order chi connectivity index (χ1) is 10.5. The van der Waals surface area contributed by atoms with Gasteiger partial charge in [0, 0.05) is 11.3 Å². The first kappa shape index (κ1) is 15.6. The largest absolute Gasteiger partial charge is 0.468 e. The normalized spacial score (nSPS) is 20.5. The van der Waals surface area contributed by atoms with Crippen LogP contribution in [-0.4, -0.2) is 18.1 Å². The van der Waals surface area contributed by atoms with E-state index in [4.69, 9.17) is 4.74 Å². The molecule has 3 rings (SSSR count). The predicted octanol–water partition coefficient (Wildman–Crippen LogP) is 3.95. The van der Waals surface area contributed by atoms with Gasteiger partial charge in [0.2, 0.25) is 0 Å². The van der Waals surface area contributed by atoms with Crippen molar-refractivity contribution < 1.29 is 13.9 Å². The van der Waals surface area contributed by atoms with Crippen molar-refractivity contribution in [3.63, 3.8) is 0 Å². The lowest BCUT2D eigenvalue weighted by Gasteiger charge is -2.35. The van der Waals surface area contributed by atoms with Gasteiger partial charge in [0.1, 0.15) is 5.82 Å². The summed E-state index contributed by atoms with van der Waals surface area (Å²) in [4.78, 5) is 18.1. The number of nitrogens with zero attached hydrogens (tertiary/aromatic N) is 1. The van der Waals surface area contributed by atoms with Gasteiger partial charge in [0.25, 0.3) is 0 Å². The molecule has 0 unspecified atom stereocenters. The topological polar surface area (TPSA) is 39.2 Å². The molecule has 1 atom stereocenters. The average molecular weight is 384 g/mol. The zero-order valence-corrected chi connectivity index (χ0v) is 14.7. The summed E-state index contributed by atoms with van der Waals surface area (Å²) in [7, 11) is 1.39. The molecule has 0 saturated heterocycles. The molecule has 0 N–H and O–H groups in total. The number of hydrogen-bond acceptors (Lipinski definition) is 4. The van der Waals surface area contributed by atoms with Crippen LogP contribution in [0.25, 0.3) is 0 Å². The lowest BCUT2D eigenvalue weighted by molar-refractivity contribution is -0.148. The molecule has 1 aliphatic carbocycles. The van der Waals surface area contributed by atoms with Crippen LogP contribution < -0.4 is 0 Å². The minimum atomic E-state index is -0.833. The first-order valence-corrected chi connectivity index (χ1v) is 8.57. The van der Waals surface area contributed by atoms with Crippen LogP contribution in [0.1, 0.15) is 28.1 Å². The SMILES string of the molecule is COC(=O)[C@@]1(c2cccc(F)c2C)CCc2nc(Br)sc2C1. The third-order valence-corrected chi connectivity index (χ3v) is 5.91. The van der Waals surface area contributed by atoms with Crippen molar-refractivity contribution >= 4 is 33.2 Å². The summed E-state index contributed by atoms with van der Waals surface area (Å²) in [6, 6.07) is 4.90. The van der Waals surface area contributed by atoms with Gasteiger partial charge in [-0.1, -0.05) is 12.1 Å². The van der Waals surface area contributed by atoms with Crippen LogP contribution in [0.3, 0.4) is 0 Å². The van der Waals surface area contributed by atoms with E-state index in [1.165, 1.54) is 24.5 Å². The summed E-state index contributed by atoms with van der Waals surface area (Å²) in [5.41, 5.74) is 1.42. The molecule has 0 spiro atoms. The highest BCUT2D eigenvalue weighted by molar-refractivity contribution is 9.11. The fraction of sp³-hybridized carbons (Fsp3) is 0.375. The van der Waals surface area contributed by atoms with E-state index < -0.39 is 5.41 Å². The number of esters is 1. The van der Waals surface area contributed by atoms with Crippen LogP contribution in [0.5, 0.6) is 0 Å². The molecule has 0 aliphatic heterocycles. The van der Waals surface area contributed by atoms with E-state index in [2.05, 4.69) is 20.9 Å². The molecule has 6 heteroatoms. The number of aromatic nitrogens is 1. The maximum absolute atomic E-state index is 14.0. The summed E-state index contributed by atoms with van der Waals surface area (Å²) in [6.45, 7) is 1.72. The number of rotatable bonds is 2. The van der Waals surface area contributed by atoms with Crippen molar-refractivity contribution in [2.45, 2.75) is 31.6 Å². The molecule has 1 aliphatic rings. The summed E-state index contributed by atoms with van der Waals surface area (Å²) in [6.07, 6.45) is 1.76. The highest BCUT2D eigenvalue weighted by atomic mass is 79.9. The van der Waals surface area contributed by atoms with Gasteiger partial charge in [0.05, 0.1) is 18.2 Å². The number of aryl methyl sites for hydroxylation is 1. The number of carbonyl (C=O) groups is 1. The number of methoxy groups -OCH3 is 1. The van der Waals surface area contributed by atoms with Crippen LogP contribution in [0.4, 0.5) is 4.39 Å². The number of thiazole rings is 1. The van der Waals surface area contributed by atoms with E-state index in [-0.39, 0.29) is 11.8 Å². The Morgan fingerprint density at radius 1 is 1.50 bits per heavy atom. The Kier molecular flexibility index (Phi) is 4.07. The van der Waals surface area contributed by atoms with Gasteiger partial charge in [-0.05, 0) is 52.9 Å². The van der Waals surface area contributed by atoms with Crippen molar-refractivity contribution in [3.8, 4) is 0 Å². The zero-order chi connectivity index (χ0) is 15.9. The van der Waals surface area contributed by atoms with E-state index in [0.717, 1.165) is 20.1 Å². The lowest BCUT2D eigenvalue weighted by Crippen LogP contribution is -2.42. The predicted molar refractivity (Wildman–Crippen MR) is 86.7 cm³/mol. The van der Waals surface area contributed by atoms with Crippen molar-refractivity contribution in [1.82, 2.24) is 4.98 Å². The van der Waals surface area contributed by atoms with Crippen LogP contribution in [-0.2, 0) is 27.8 Å². The van der Waals surface area contributed by atoms with Crippen molar-refractivity contribution in [1.29, 1.82) is 0 Å². The minimum absolute atomic E-state index is 0.294. The molecule has 3 nitrogen and oxygen atoms in total. The van der Waals surface area contributed by atoms with E-state index in [0.29, 0.717) is 24.8 Å². The average Bonchev–Trinajstić information content (AvgIpc) is 2.87. The van der Waals surface area contributed by atoms with Crippen LogP contribution in [0.2, 0.25) is 0 Å². The molecule has 1 heterocycles. The van der Waals surface area contributed by atoms with Crippen LogP contribution in [0, 0.1) is 12.7 Å². The molecule has 2 aromatic rings. The van der Waals surface area contributed by atoms with Gasteiger partial charge in [-0.3, -0.25) is 4.79 Å². The third kappa shape index (κ3) is 2.38. The van der Waals surface area contributed by atoms with Gasteiger partial charge >= 0.3 is 5.97 Å². The Morgan fingerprint density at radius 2 is 2.27 bits per heavy atom. The number of benzene rings is 1. The fourth-order valence-electron chi connectivity index (χ4n) is 3.21. The maximum atomic E-state index is 14.0. The second kappa shape index (κ2) is 5.74. The molecule has 0 amide bonds. The molecule has 0 radical (unpaired) electrons. The molecule has 0 bridgehead atoms. The number of halogens is 2. The minimum Gasteiger partial charge on any atom is -0.468 e. The number of ether oxygens (including phenoxy) is 1. The van der Waals surface area contributed by atoms with Crippen LogP contribution >= 0.6 is 27.3 Å². The summed E-state index contributed by atoms with van der Waals surface area (Å²) < 4.78 is 19.9. The van der Waals surface area contributed by atoms with E-state index in [1.807, 2.05) is 6.07 Å². The molecular formula is C16H15BrFNO2S. The standard InChI is InChI=1S/C16H15BrFNO2S/c1-9-10(4-3-5-11(9)18)16(14(20)21-2)7-6-12-13(8-16)22-15(17)19-12/h3-5H,6-8H2,1-2H3/t16-/m0/s1. The Balaban J connectivity index is 2.15. The Bertz CT molecular complexity index is 746. The quantitative estimate of drug-likeness (QED) is 0.736. The van der Waals surface area contributed by atoms with E-state index in [9.17, 15) is 9.18 Å². The highest BCUT2D eigenvalue weighted by Gasteiger charge is 2.46. The van der Waals surface area contributed by atoms with Gasteiger partial charge < -0.3 is 4.74 Å². The van der Waals surface area contributed by atoms with Gasteiger partial charge in [-0.2, -0.15) is 0 Å².